The van der Waals surface area contributed by atoms with E-state index in [1.807, 2.05) is 12.2 Å². The van der Waals surface area contributed by atoms with Gasteiger partial charge in [0.25, 0.3) is 0 Å². The molecule has 0 unspecified atom stereocenters. The zero-order valence-electron chi connectivity index (χ0n) is 14.0. The van der Waals surface area contributed by atoms with Crippen LogP contribution in [0.4, 0.5) is 0 Å². The average molecular weight is 322 g/mol. The van der Waals surface area contributed by atoms with Crippen LogP contribution in [0.15, 0.2) is 42.2 Å². The Hall–Kier alpha value is -1.99. The van der Waals surface area contributed by atoms with Gasteiger partial charge in [-0.25, -0.2) is 0 Å². The lowest BCUT2D eigenvalue weighted by molar-refractivity contribution is -0.135. The molecule has 0 aromatic carbocycles. The van der Waals surface area contributed by atoms with E-state index in [1.54, 1.807) is 6.08 Å². The number of carbonyl (C=O) groups excluding carboxylic acids is 3. The summed E-state index contributed by atoms with van der Waals surface area (Å²) in [6.07, 6.45) is 10.6. The van der Waals surface area contributed by atoms with Crippen molar-refractivity contribution < 1.29 is 14.4 Å². The summed E-state index contributed by atoms with van der Waals surface area (Å²) in [7, 11) is 0. The van der Waals surface area contributed by atoms with Gasteiger partial charge in [-0.15, -0.1) is 5.73 Å². The fourth-order valence-electron chi connectivity index (χ4n) is 5.93. The van der Waals surface area contributed by atoms with Crippen LogP contribution in [0.5, 0.6) is 0 Å². The predicted octanol–water partition coefficient (Wildman–Crippen LogP) is 3.36. The summed E-state index contributed by atoms with van der Waals surface area (Å²) >= 11 is 0. The Kier molecular flexibility index (Phi) is 3.24. The van der Waals surface area contributed by atoms with E-state index in [9.17, 15) is 14.4 Å². The summed E-state index contributed by atoms with van der Waals surface area (Å²) in [5.41, 5.74) is 2.64. The number of hydrogen-bond donors (Lipinski definition) is 0. The van der Waals surface area contributed by atoms with Gasteiger partial charge >= 0.3 is 0 Å². The molecule has 0 amide bonds. The Bertz CT molecular complexity index is 764. The summed E-state index contributed by atoms with van der Waals surface area (Å²) in [6, 6.07) is 0. The third kappa shape index (κ3) is 1.82. The minimum atomic E-state index is -0.567. The Morgan fingerprint density at radius 3 is 2.79 bits per heavy atom. The van der Waals surface area contributed by atoms with E-state index in [0.717, 1.165) is 19.3 Å². The maximum absolute atomic E-state index is 12.9. The molecule has 3 saturated carbocycles. The molecule has 4 aliphatic carbocycles. The maximum atomic E-state index is 12.9. The molecule has 0 aromatic heterocycles. The van der Waals surface area contributed by atoms with E-state index < -0.39 is 5.41 Å². The van der Waals surface area contributed by atoms with Crippen molar-refractivity contribution in [3.05, 3.63) is 42.2 Å². The highest BCUT2D eigenvalue weighted by atomic mass is 16.1. The molecular weight excluding hydrogens is 300 g/mol. The molecule has 0 heterocycles. The Labute approximate surface area is 142 Å². The normalized spacial score (nSPS) is 43.5. The third-order valence-electron chi connectivity index (χ3n) is 7.10. The number of rotatable bonds is 1. The summed E-state index contributed by atoms with van der Waals surface area (Å²) in [5.74, 6) is 0.995. The smallest absolute Gasteiger partial charge is 0.178 e. The summed E-state index contributed by atoms with van der Waals surface area (Å²) in [6.45, 7) is 5.82. The number of carbonyl (C=O) groups is 3. The van der Waals surface area contributed by atoms with Gasteiger partial charge in [0.2, 0.25) is 0 Å². The van der Waals surface area contributed by atoms with Crippen molar-refractivity contribution in [1.82, 2.24) is 0 Å². The van der Waals surface area contributed by atoms with E-state index in [4.69, 9.17) is 0 Å². The zero-order chi connectivity index (χ0) is 17.1. The summed E-state index contributed by atoms with van der Waals surface area (Å²) < 4.78 is 0. The van der Waals surface area contributed by atoms with E-state index in [0.29, 0.717) is 24.2 Å². The van der Waals surface area contributed by atoms with E-state index in [2.05, 4.69) is 19.2 Å². The van der Waals surface area contributed by atoms with Gasteiger partial charge in [0, 0.05) is 29.2 Å². The standard InChI is InChI=1S/C21H22O3/c1-3-8-21-10-6-13(22)11-17(21)18(23)12-14-15-4-5-19(24)20(15,2)9-7-16(14)21/h6,8,10-11,14-16H,1,4-5,7,9,12H2,2H3/t14-,15-,16-,20-,21+/m0/s1. The molecule has 0 radical (unpaired) electrons. The minimum absolute atomic E-state index is 0.0454. The van der Waals surface area contributed by atoms with Crippen LogP contribution in [-0.4, -0.2) is 17.3 Å². The average Bonchev–Trinajstić information content (AvgIpc) is 2.85. The Balaban J connectivity index is 1.84. The predicted molar refractivity (Wildman–Crippen MR) is 90.0 cm³/mol. The van der Waals surface area contributed by atoms with Crippen molar-refractivity contribution in [1.29, 1.82) is 0 Å². The van der Waals surface area contributed by atoms with Crippen LogP contribution >= 0.6 is 0 Å². The number of fused-ring (bicyclic) bond motifs is 5. The number of allylic oxidation sites excluding steroid dienone is 5. The summed E-state index contributed by atoms with van der Waals surface area (Å²) in [5, 5.41) is 0. The molecule has 5 atom stereocenters. The first-order chi connectivity index (χ1) is 11.4. The molecule has 4 rings (SSSR count). The molecule has 3 nitrogen and oxygen atoms in total. The second-order valence-corrected chi connectivity index (χ2v) is 8.00. The molecule has 3 fully saturated rings. The fraction of sp³-hybridized carbons (Fsp3) is 0.524. The van der Waals surface area contributed by atoms with Crippen LogP contribution in [-0.2, 0) is 14.4 Å². The quantitative estimate of drug-likeness (QED) is 0.696. The summed E-state index contributed by atoms with van der Waals surface area (Å²) in [4.78, 5) is 37.1. The second kappa shape index (κ2) is 5.00. The van der Waals surface area contributed by atoms with E-state index in [-0.39, 0.29) is 34.7 Å². The molecule has 0 saturated heterocycles. The monoisotopic (exact) mass is 322 g/mol. The van der Waals surface area contributed by atoms with Gasteiger partial charge in [-0.2, -0.15) is 0 Å². The number of ketones is 3. The number of hydrogen-bond acceptors (Lipinski definition) is 3. The maximum Gasteiger partial charge on any atom is 0.178 e. The van der Waals surface area contributed by atoms with Crippen molar-refractivity contribution >= 4 is 17.3 Å². The molecule has 0 bridgehead atoms. The largest absolute Gasteiger partial charge is 0.299 e. The van der Waals surface area contributed by atoms with E-state index >= 15 is 0 Å². The van der Waals surface area contributed by atoms with Gasteiger partial charge in [-0.1, -0.05) is 19.6 Å². The van der Waals surface area contributed by atoms with Crippen molar-refractivity contribution in [2.24, 2.45) is 28.6 Å². The van der Waals surface area contributed by atoms with Crippen LogP contribution in [0, 0.1) is 28.6 Å². The molecule has 24 heavy (non-hydrogen) atoms. The van der Waals surface area contributed by atoms with Crippen LogP contribution in [0.1, 0.15) is 39.0 Å². The van der Waals surface area contributed by atoms with Gasteiger partial charge in [-0.05, 0) is 55.2 Å². The molecule has 124 valence electrons. The second-order valence-electron chi connectivity index (χ2n) is 8.00. The Morgan fingerprint density at radius 1 is 1.25 bits per heavy atom. The first-order valence-corrected chi connectivity index (χ1v) is 8.81. The molecule has 4 aliphatic rings. The van der Waals surface area contributed by atoms with Crippen LogP contribution in [0.3, 0.4) is 0 Å². The van der Waals surface area contributed by atoms with Gasteiger partial charge in [0.15, 0.2) is 11.6 Å². The van der Waals surface area contributed by atoms with Gasteiger partial charge < -0.3 is 0 Å². The topological polar surface area (TPSA) is 51.2 Å². The number of Topliss-reactive ketones (excluding diaryl/α,β-unsaturated/α-hetero) is 2. The highest BCUT2D eigenvalue weighted by molar-refractivity contribution is 6.10. The van der Waals surface area contributed by atoms with Gasteiger partial charge in [0.1, 0.15) is 5.78 Å². The molecule has 0 spiro atoms. The molecule has 3 heteroatoms. The molecule has 0 aliphatic heterocycles. The van der Waals surface area contributed by atoms with Crippen LogP contribution < -0.4 is 0 Å². The molecular formula is C21H22O3. The van der Waals surface area contributed by atoms with Crippen LogP contribution in [0.2, 0.25) is 0 Å². The first-order valence-electron chi connectivity index (χ1n) is 8.81. The van der Waals surface area contributed by atoms with Crippen molar-refractivity contribution in [2.75, 3.05) is 0 Å². The lowest BCUT2D eigenvalue weighted by Gasteiger charge is -2.54. The molecule has 0 aromatic rings. The highest BCUT2D eigenvalue weighted by Gasteiger charge is 2.60. The minimum Gasteiger partial charge on any atom is -0.299 e. The SMILES string of the molecule is C=C=C[C@]12C=CC(=O)C=C1C(=O)C[C@@H]1[C@@H]2CC[C@]2(C)C(=O)CC[C@@H]12. The fourth-order valence-corrected chi connectivity index (χ4v) is 5.93. The third-order valence-corrected chi connectivity index (χ3v) is 7.10. The molecule has 0 N–H and O–H groups in total. The van der Waals surface area contributed by atoms with Crippen molar-refractivity contribution in [2.45, 2.75) is 39.0 Å². The first kappa shape index (κ1) is 15.5. The van der Waals surface area contributed by atoms with E-state index in [1.165, 1.54) is 6.08 Å². The van der Waals surface area contributed by atoms with Crippen molar-refractivity contribution in [3.8, 4) is 0 Å². The zero-order valence-corrected chi connectivity index (χ0v) is 14.0. The highest BCUT2D eigenvalue weighted by Crippen LogP contribution is 2.63. The lowest BCUT2D eigenvalue weighted by Crippen LogP contribution is -2.52. The van der Waals surface area contributed by atoms with Crippen LogP contribution in [0.25, 0.3) is 0 Å². The Morgan fingerprint density at radius 2 is 2.04 bits per heavy atom. The van der Waals surface area contributed by atoms with Gasteiger partial charge in [-0.3, -0.25) is 14.4 Å². The van der Waals surface area contributed by atoms with Crippen molar-refractivity contribution in [3.63, 3.8) is 0 Å². The lowest BCUT2D eigenvalue weighted by atomic mass is 9.48. The van der Waals surface area contributed by atoms with Gasteiger partial charge in [0.05, 0.1) is 0 Å².